The number of hydrogen-bond acceptors (Lipinski definition) is 2. The summed E-state index contributed by atoms with van der Waals surface area (Å²) in [7, 11) is 0. The normalized spacial score (nSPS) is 10.9. The second kappa shape index (κ2) is 3.89. The first kappa shape index (κ1) is 10.4. The van der Waals surface area contributed by atoms with E-state index in [2.05, 4.69) is 4.98 Å². The van der Waals surface area contributed by atoms with Gasteiger partial charge in [-0.05, 0) is 6.07 Å². The van der Waals surface area contributed by atoms with Crippen LogP contribution < -0.4 is 0 Å². The topological polar surface area (TPSA) is 12.9 Å². The average molecular weight is 247 g/mol. The van der Waals surface area contributed by atoms with Gasteiger partial charge in [0.2, 0.25) is 0 Å². The van der Waals surface area contributed by atoms with Crippen LogP contribution in [-0.4, -0.2) is 4.98 Å². The van der Waals surface area contributed by atoms with E-state index in [4.69, 9.17) is 0 Å². The van der Waals surface area contributed by atoms with Crippen molar-refractivity contribution in [2.45, 2.75) is 0 Å². The van der Waals surface area contributed by atoms with Gasteiger partial charge in [0.15, 0.2) is 5.82 Å². The van der Waals surface area contributed by atoms with Crippen LogP contribution in [0, 0.1) is 11.6 Å². The molecule has 3 rings (SSSR count). The van der Waals surface area contributed by atoms with Crippen LogP contribution in [0.1, 0.15) is 0 Å². The van der Waals surface area contributed by atoms with E-state index in [9.17, 15) is 8.78 Å². The number of hydrogen-bond donors (Lipinski definition) is 0. The van der Waals surface area contributed by atoms with Crippen LogP contribution in [0.5, 0.6) is 0 Å². The smallest absolute Gasteiger partial charge is 0.153 e. The van der Waals surface area contributed by atoms with Crippen molar-refractivity contribution in [1.29, 1.82) is 0 Å². The van der Waals surface area contributed by atoms with Gasteiger partial charge in [-0.1, -0.05) is 30.3 Å². The molecule has 2 aromatic carbocycles. The average Bonchev–Trinajstić information content (AvgIpc) is 2.74. The lowest BCUT2D eigenvalue weighted by molar-refractivity contribution is 0.591. The van der Waals surface area contributed by atoms with Gasteiger partial charge in [-0.15, -0.1) is 11.3 Å². The van der Waals surface area contributed by atoms with Crippen molar-refractivity contribution in [3.05, 3.63) is 54.1 Å². The number of halogens is 2. The van der Waals surface area contributed by atoms with Gasteiger partial charge < -0.3 is 0 Å². The first-order valence-electron chi connectivity index (χ1n) is 5.05. The maximum absolute atomic E-state index is 13.5. The largest absolute Gasteiger partial charge is 0.233 e. The predicted molar refractivity (Wildman–Crippen MR) is 65.0 cm³/mol. The fourth-order valence-electron chi connectivity index (χ4n) is 1.66. The third kappa shape index (κ3) is 1.80. The summed E-state index contributed by atoms with van der Waals surface area (Å²) in [6, 6.07) is 11.6. The standard InChI is InChI=1S/C13H7F2NS/c14-9-6-10(15)12-11(7-9)17-13(16-12)8-4-2-1-3-5-8/h1-7H. The third-order valence-corrected chi connectivity index (χ3v) is 3.49. The molecular formula is C13H7F2NS. The molecule has 0 radical (unpaired) electrons. The number of fused-ring (bicyclic) bond motifs is 1. The highest BCUT2D eigenvalue weighted by Crippen LogP contribution is 2.31. The van der Waals surface area contributed by atoms with E-state index in [1.54, 1.807) is 0 Å². The fourth-order valence-corrected chi connectivity index (χ4v) is 2.67. The summed E-state index contributed by atoms with van der Waals surface area (Å²) < 4.78 is 27.1. The van der Waals surface area contributed by atoms with Gasteiger partial charge in [0, 0.05) is 11.6 Å². The first-order chi connectivity index (χ1) is 8.24. The molecule has 1 heterocycles. The van der Waals surface area contributed by atoms with E-state index < -0.39 is 11.6 Å². The van der Waals surface area contributed by atoms with E-state index in [0.717, 1.165) is 11.6 Å². The van der Waals surface area contributed by atoms with Crippen LogP contribution in [0.15, 0.2) is 42.5 Å². The second-order valence-electron chi connectivity index (χ2n) is 3.62. The Morgan fingerprint density at radius 3 is 2.53 bits per heavy atom. The first-order valence-corrected chi connectivity index (χ1v) is 5.87. The molecule has 84 valence electrons. The molecule has 0 saturated carbocycles. The maximum atomic E-state index is 13.5. The lowest BCUT2D eigenvalue weighted by Crippen LogP contribution is -1.81. The Bertz CT molecular complexity index is 676. The van der Waals surface area contributed by atoms with E-state index in [1.165, 1.54) is 17.4 Å². The Morgan fingerprint density at radius 1 is 1.00 bits per heavy atom. The molecule has 0 aliphatic carbocycles. The molecule has 0 unspecified atom stereocenters. The van der Waals surface area contributed by atoms with Crippen molar-refractivity contribution in [3.63, 3.8) is 0 Å². The van der Waals surface area contributed by atoms with Gasteiger partial charge in [0.1, 0.15) is 16.3 Å². The van der Waals surface area contributed by atoms with Gasteiger partial charge in [-0.25, -0.2) is 13.8 Å². The summed E-state index contributed by atoms with van der Waals surface area (Å²) in [6.45, 7) is 0. The Labute approximate surface area is 100 Å². The molecule has 1 nitrogen and oxygen atoms in total. The molecule has 0 bridgehead atoms. The van der Waals surface area contributed by atoms with Gasteiger partial charge in [0.25, 0.3) is 0 Å². The van der Waals surface area contributed by atoms with Gasteiger partial charge in [0.05, 0.1) is 4.70 Å². The highest BCUT2D eigenvalue weighted by atomic mass is 32.1. The number of benzene rings is 2. The van der Waals surface area contributed by atoms with Crippen LogP contribution >= 0.6 is 11.3 Å². The molecule has 4 heteroatoms. The van der Waals surface area contributed by atoms with Gasteiger partial charge in [-0.2, -0.15) is 0 Å². The summed E-state index contributed by atoms with van der Waals surface area (Å²) in [5.41, 5.74) is 1.14. The number of thiazole rings is 1. The number of rotatable bonds is 1. The third-order valence-electron chi connectivity index (χ3n) is 2.43. The highest BCUT2D eigenvalue weighted by Gasteiger charge is 2.11. The summed E-state index contributed by atoms with van der Waals surface area (Å²) in [4.78, 5) is 4.20. The van der Waals surface area contributed by atoms with E-state index in [1.807, 2.05) is 30.3 Å². The Balaban J connectivity index is 2.24. The van der Waals surface area contributed by atoms with Crippen LogP contribution in [0.25, 0.3) is 20.8 Å². The van der Waals surface area contributed by atoms with Crippen molar-refractivity contribution < 1.29 is 8.78 Å². The number of aromatic nitrogens is 1. The fraction of sp³-hybridized carbons (Fsp3) is 0. The Morgan fingerprint density at radius 2 is 1.76 bits per heavy atom. The summed E-state index contributed by atoms with van der Waals surface area (Å²) in [5, 5.41) is 0.699. The van der Waals surface area contributed by atoms with Crippen LogP contribution in [0.2, 0.25) is 0 Å². The minimum absolute atomic E-state index is 0.232. The monoisotopic (exact) mass is 247 g/mol. The van der Waals surface area contributed by atoms with E-state index >= 15 is 0 Å². The summed E-state index contributed by atoms with van der Waals surface area (Å²) >= 11 is 1.29. The molecule has 17 heavy (non-hydrogen) atoms. The maximum Gasteiger partial charge on any atom is 0.153 e. The molecule has 0 aliphatic rings. The molecule has 1 aromatic heterocycles. The zero-order valence-corrected chi connectivity index (χ0v) is 9.47. The molecule has 0 fully saturated rings. The summed E-state index contributed by atoms with van der Waals surface area (Å²) in [5.74, 6) is -1.18. The molecule has 0 spiro atoms. The molecule has 3 aromatic rings. The SMILES string of the molecule is Fc1cc(F)c2nc(-c3ccccc3)sc2c1. The zero-order chi connectivity index (χ0) is 11.8. The zero-order valence-electron chi connectivity index (χ0n) is 8.65. The van der Waals surface area contributed by atoms with E-state index in [0.29, 0.717) is 9.71 Å². The van der Waals surface area contributed by atoms with E-state index in [-0.39, 0.29) is 5.52 Å². The molecule has 0 saturated heterocycles. The predicted octanol–water partition coefficient (Wildman–Crippen LogP) is 4.24. The Hall–Kier alpha value is -1.81. The lowest BCUT2D eigenvalue weighted by Gasteiger charge is -1.92. The summed E-state index contributed by atoms with van der Waals surface area (Å²) in [6.07, 6.45) is 0. The molecule has 0 atom stereocenters. The van der Waals surface area contributed by atoms with Crippen molar-refractivity contribution in [2.24, 2.45) is 0 Å². The highest BCUT2D eigenvalue weighted by molar-refractivity contribution is 7.21. The van der Waals surface area contributed by atoms with Crippen LogP contribution in [0.4, 0.5) is 8.78 Å². The Kier molecular flexibility index (Phi) is 2.37. The molecule has 0 aliphatic heterocycles. The van der Waals surface area contributed by atoms with Crippen molar-refractivity contribution >= 4 is 21.6 Å². The minimum Gasteiger partial charge on any atom is -0.233 e. The van der Waals surface area contributed by atoms with Crippen molar-refractivity contribution in [2.75, 3.05) is 0 Å². The number of nitrogens with zero attached hydrogens (tertiary/aromatic N) is 1. The van der Waals surface area contributed by atoms with Crippen LogP contribution in [-0.2, 0) is 0 Å². The van der Waals surface area contributed by atoms with Crippen molar-refractivity contribution in [3.8, 4) is 10.6 Å². The lowest BCUT2D eigenvalue weighted by atomic mass is 10.2. The molecule has 0 amide bonds. The van der Waals surface area contributed by atoms with Crippen molar-refractivity contribution in [1.82, 2.24) is 4.98 Å². The molecule has 0 N–H and O–H groups in total. The van der Waals surface area contributed by atoms with Gasteiger partial charge >= 0.3 is 0 Å². The van der Waals surface area contributed by atoms with Gasteiger partial charge in [-0.3, -0.25) is 0 Å². The quantitative estimate of drug-likeness (QED) is 0.626. The van der Waals surface area contributed by atoms with Crippen LogP contribution in [0.3, 0.4) is 0 Å². The minimum atomic E-state index is -0.613. The molecular weight excluding hydrogens is 240 g/mol. The second-order valence-corrected chi connectivity index (χ2v) is 4.65.